The van der Waals surface area contributed by atoms with Crippen LogP contribution in [0.15, 0.2) is 54.6 Å². The van der Waals surface area contributed by atoms with Gasteiger partial charge in [0.25, 0.3) is 0 Å². The average molecular weight is 312 g/mol. The second kappa shape index (κ2) is 7.74. The molecule has 0 spiro atoms. The summed E-state index contributed by atoms with van der Waals surface area (Å²) in [7, 11) is 0. The Balaban J connectivity index is 1.79. The van der Waals surface area contributed by atoms with E-state index in [0.29, 0.717) is 30.2 Å². The number of para-hydroxylation sites is 2. The molecule has 7 N–H and O–H groups in total. The fourth-order valence-corrected chi connectivity index (χ4v) is 2.02. The number of anilines is 4. The number of rotatable bonds is 7. The van der Waals surface area contributed by atoms with Crippen molar-refractivity contribution in [3.63, 3.8) is 0 Å². The molecule has 0 aliphatic carbocycles. The molecule has 0 unspecified atom stereocenters. The van der Waals surface area contributed by atoms with Gasteiger partial charge in [0.05, 0.1) is 28.3 Å². The monoisotopic (exact) mass is 312 g/mol. The quantitative estimate of drug-likeness (QED) is 0.397. The lowest BCUT2D eigenvalue weighted by atomic mass is 10.2. The summed E-state index contributed by atoms with van der Waals surface area (Å²) in [6, 6.07) is 12.2. The van der Waals surface area contributed by atoms with Crippen molar-refractivity contribution in [3.05, 3.63) is 60.2 Å². The molecule has 0 fully saturated rings. The third-order valence-corrected chi connectivity index (χ3v) is 3.25. The van der Waals surface area contributed by atoms with Gasteiger partial charge >= 0.3 is 5.97 Å². The first-order chi connectivity index (χ1) is 11.1. The zero-order valence-electron chi connectivity index (χ0n) is 12.6. The lowest BCUT2D eigenvalue weighted by Crippen LogP contribution is -2.05. The van der Waals surface area contributed by atoms with Crippen molar-refractivity contribution in [1.29, 1.82) is 0 Å². The molecule has 0 radical (unpaired) electrons. The van der Waals surface area contributed by atoms with Gasteiger partial charge in [0.1, 0.15) is 0 Å². The Morgan fingerprint density at radius 2 is 1.57 bits per heavy atom. The number of nitrogen functional groups attached to an aromatic ring is 2. The molecule has 23 heavy (non-hydrogen) atoms. The molecule has 6 nitrogen and oxygen atoms in total. The number of aromatic carboxylic acids is 1. The highest BCUT2D eigenvalue weighted by atomic mass is 16.4. The van der Waals surface area contributed by atoms with Gasteiger partial charge in [0.15, 0.2) is 0 Å². The third-order valence-electron chi connectivity index (χ3n) is 3.25. The summed E-state index contributed by atoms with van der Waals surface area (Å²) in [5.74, 6) is -0.991. The molecule has 0 saturated carbocycles. The second-order valence-corrected chi connectivity index (χ2v) is 4.93. The lowest BCUT2D eigenvalue weighted by molar-refractivity contribution is 0.0697. The maximum Gasteiger partial charge on any atom is 0.335 e. The molecular formula is C17H20N4O2. The van der Waals surface area contributed by atoms with Crippen LogP contribution in [0.2, 0.25) is 0 Å². The van der Waals surface area contributed by atoms with Crippen LogP contribution in [0.3, 0.4) is 0 Å². The minimum atomic E-state index is -0.991. The Morgan fingerprint density at radius 1 is 0.957 bits per heavy atom. The van der Waals surface area contributed by atoms with E-state index in [1.54, 1.807) is 6.07 Å². The summed E-state index contributed by atoms with van der Waals surface area (Å²) in [6.45, 7) is 1.24. The molecule has 2 aromatic carbocycles. The van der Waals surface area contributed by atoms with Gasteiger partial charge in [-0.3, -0.25) is 0 Å². The first-order valence-corrected chi connectivity index (χ1v) is 7.18. The van der Waals surface area contributed by atoms with Gasteiger partial charge in [-0.1, -0.05) is 24.3 Å². The Bertz CT molecular complexity index is 713. The summed E-state index contributed by atoms with van der Waals surface area (Å²) in [5.41, 5.74) is 14.6. The van der Waals surface area contributed by atoms with Crippen molar-refractivity contribution in [2.24, 2.45) is 0 Å². The Kier molecular flexibility index (Phi) is 5.46. The molecule has 0 aromatic heterocycles. The van der Waals surface area contributed by atoms with Crippen molar-refractivity contribution in [2.75, 3.05) is 35.2 Å². The highest BCUT2D eigenvalue weighted by Crippen LogP contribution is 2.19. The van der Waals surface area contributed by atoms with Gasteiger partial charge in [-0.15, -0.1) is 0 Å². The summed E-state index contributed by atoms with van der Waals surface area (Å²) in [4.78, 5) is 10.8. The molecule has 120 valence electrons. The molecule has 0 bridgehead atoms. The molecule has 2 aromatic rings. The maximum absolute atomic E-state index is 10.8. The van der Waals surface area contributed by atoms with Crippen LogP contribution in [0.25, 0.3) is 0 Å². The minimum Gasteiger partial charge on any atom is -0.478 e. The van der Waals surface area contributed by atoms with Crippen LogP contribution in [-0.2, 0) is 0 Å². The molecule has 6 heteroatoms. The predicted octanol–water partition coefficient (Wildman–Crippen LogP) is 2.63. The number of nitrogens with two attached hydrogens (primary N) is 2. The van der Waals surface area contributed by atoms with E-state index in [2.05, 4.69) is 10.6 Å². The van der Waals surface area contributed by atoms with Crippen LogP contribution in [-0.4, -0.2) is 24.2 Å². The fourth-order valence-electron chi connectivity index (χ4n) is 2.02. The van der Waals surface area contributed by atoms with E-state index >= 15 is 0 Å². The number of hydrogen-bond donors (Lipinski definition) is 5. The molecule has 0 amide bonds. The molecular weight excluding hydrogens is 292 g/mol. The van der Waals surface area contributed by atoms with Crippen molar-refractivity contribution in [2.45, 2.75) is 0 Å². The van der Waals surface area contributed by atoms with E-state index in [-0.39, 0.29) is 5.56 Å². The summed E-state index contributed by atoms with van der Waals surface area (Å²) in [6.07, 6.45) is 3.93. The van der Waals surface area contributed by atoms with E-state index < -0.39 is 5.97 Å². The zero-order chi connectivity index (χ0) is 16.7. The number of carboxylic acids is 1. The Hall–Kier alpha value is -3.15. The van der Waals surface area contributed by atoms with E-state index in [4.69, 9.17) is 16.6 Å². The number of carboxylic acid groups (broad SMARTS) is 1. The SMILES string of the molecule is Nc1ccccc1NC/C=C/CNc1ccc(C(=O)O)cc1N. The van der Waals surface area contributed by atoms with Crippen LogP contribution in [0, 0.1) is 0 Å². The molecule has 2 rings (SSSR count). The molecule has 0 aliphatic rings. The number of carbonyl (C=O) groups is 1. The topological polar surface area (TPSA) is 113 Å². The normalized spacial score (nSPS) is 10.6. The van der Waals surface area contributed by atoms with Gasteiger partial charge in [0, 0.05) is 13.1 Å². The van der Waals surface area contributed by atoms with Gasteiger partial charge < -0.3 is 27.2 Å². The fraction of sp³-hybridized carbons (Fsp3) is 0.118. The van der Waals surface area contributed by atoms with Crippen molar-refractivity contribution in [1.82, 2.24) is 0 Å². The first-order valence-electron chi connectivity index (χ1n) is 7.18. The van der Waals surface area contributed by atoms with E-state index in [0.717, 1.165) is 5.69 Å². The van der Waals surface area contributed by atoms with Crippen molar-refractivity contribution in [3.8, 4) is 0 Å². The summed E-state index contributed by atoms with van der Waals surface area (Å²) < 4.78 is 0. The summed E-state index contributed by atoms with van der Waals surface area (Å²) >= 11 is 0. The zero-order valence-corrected chi connectivity index (χ0v) is 12.6. The largest absolute Gasteiger partial charge is 0.478 e. The van der Waals surface area contributed by atoms with E-state index in [9.17, 15) is 4.79 Å². The highest BCUT2D eigenvalue weighted by Gasteiger charge is 2.05. The van der Waals surface area contributed by atoms with E-state index in [1.165, 1.54) is 12.1 Å². The van der Waals surface area contributed by atoms with Crippen molar-refractivity contribution >= 4 is 28.7 Å². The minimum absolute atomic E-state index is 0.174. The van der Waals surface area contributed by atoms with Crippen LogP contribution in [0.5, 0.6) is 0 Å². The Labute approximate surface area is 134 Å². The Morgan fingerprint density at radius 3 is 2.13 bits per heavy atom. The molecule has 0 aliphatic heterocycles. The first kappa shape index (κ1) is 16.2. The van der Waals surface area contributed by atoms with Crippen LogP contribution in [0.4, 0.5) is 22.7 Å². The van der Waals surface area contributed by atoms with Gasteiger partial charge in [-0.05, 0) is 30.3 Å². The van der Waals surface area contributed by atoms with Crippen LogP contribution in [0.1, 0.15) is 10.4 Å². The predicted molar refractivity (Wildman–Crippen MR) is 94.8 cm³/mol. The van der Waals surface area contributed by atoms with Crippen LogP contribution >= 0.6 is 0 Å². The van der Waals surface area contributed by atoms with Gasteiger partial charge in [-0.2, -0.15) is 0 Å². The standard InChI is InChI=1S/C17H20N4O2/c18-13-5-1-2-6-15(13)20-9-3-4-10-21-16-8-7-12(17(22)23)11-14(16)19/h1-8,11,20-21H,9-10,18-19H2,(H,22,23)/b4-3+. The average Bonchev–Trinajstić information content (AvgIpc) is 2.53. The summed E-state index contributed by atoms with van der Waals surface area (Å²) in [5, 5.41) is 15.2. The highest BCUT2D eigenvalue weighted by molar-refractivity contribution is 5.90. The maximum atomic E-state index is 10.8. The number of benzene rings is 2. The molecule has 0 saturated heterocycles. The molecule has 0 heterocycles. The molecule has 0 atom stereocenters. The smallest absolute Gasteiger partial charge is 0.335 e. The van der Waals surface area contributed by atoms with E-state index in [1.807, 2.05) is 36.4 Å². The third kappa shape index (κ3) is 4.67. The van der Waals surface area contributed by atoms with Crippen LogP contribution < -0.4 is 22.1 Å². The number of nitrogens with one attached hydrogen (secondary N) is 2. The van der Waals surface area contributed by atoms with Crippen molar-refractivity contribution < 1.29 is 9.90 Å². The van der Waals surface area contributed by atoms with Gasteiger partial charge in [-0.25, -0.2) is 4.79 Å². The number of hydrogen-bond acceptors (Lipinski definition) is 5. The van der Waals surface area contributed by atoms with Gasteiger partial charge in [0.2, 0.25) is 0 Å². The second-order valence-electron chi connectivity index (χ2n) is 4.93. The lowest BCUT2D eigenvalue weighted by Gasteiger charge is -2.08.